The molecule has 0 radical (unpaired) electrons. The van der Waals surface area contributed by atoms with Gasteiger partial charge >= 0.3 is 0 Å². The Kier molecular flexibility index (Phi) is 3.94. The van der Waals surface area contributed by atoms with Gasteiger partial charge in [-0.2, -0.15) is 0 Å². The van der Waals surface area contributed by atoms with Crippen LogP contribution in [0.5, 0.6) is 0 Å². The molecule has 1 fully saturated rings. The van der Waals surface area contributed by atoms with Crippen molar-refractivity contribution in [2.45, 2.75) is 13.2 Å². The lowest BCUT2D eigenvalue weighted by atomic mass is 10.1. The van der Waals surface area contributed by atoms with E-state index >= 15 is 0 Å². The highest BCUT2D eigenvalue weighted by Gasteiger charge is 2.26. The maximum atomic E-state index is 8.82. The maximum Gasteiger partial charge on any atom is 0.164 e. The molecule has 72 valence electrons. The fourth-order valence-electron chi connectivity index (χ4n) is 1.12. The summed E-state index contributed by atoms with van der Waals surface area (Å²) >= 11 is 0. The number of aliphatic hydroxyl groups is 2. The molecule has 0 amide bonds. The van der Waals surface area contributed by atoms with E-state index in [1.807, 2.05) is 6.92 Å². The predicted molar refractivity (Wildman–Crippen MR) is 42.5 cm³/mol. The van der Waals surface area contributed by atoms with Gasteiger partial charge in [0.05, 0.1) is 32.3 Å². The normalized spacial score (nSPS) is 31.0. The highest BCUT2D eigenvalue weighted by atomic mass is 16.7. The summed E-state index contributed by atoms with van der Waals surface area (Å²) in [6, 6.07) is 0. The largest absolute Gasteiger partial charge is 0.396 e. The number of ether oxygens (including phenoxy) is 2. The molecule has 0 unspecified atom stereocenters. The Morgan fingerprint density at radius 1 is 1.25 bits per heavy atom. The molecule has 1 rings (SSSR count). The van der Waals surface area contributed by atoms with Crippen LogP contribution < -0.4 is 0 Å². The van der Waals surface area contributed by atoms with Gasteiger partial charge in [-0.3, -0.25) is 0 Å². The fraction of sp³-hybridized carbons (Fsp3) is 1.00. The highest BCUT2D eigenvalue weighted by Crippen LogP contribution is 2.16. The average molecular weight is 176 g/mol. The molecular weight excluding hydrogens is 160 g/mol. The zero-order chi connectivity index (χ0) is 8.97. The van der Waals surface area contributed by atoms with Gasteiger partial charge in [0.15, 0.2) is 6.29 Å². The van der Waals surface area contributed by atoms with Crippen molar-refractivity contribution >= 4 is 0 Å². The van der Waals surface area contributed by atoms with E-state index < -0.39 is 6.29 Å². The minimum absolute atomic E-state index is 0.102. The zero-order valence-electron chi connectivity index (χ0n) is 7.27. The minimum atomic E-state index is -0.434. The van der Waals surface area contributed by atoms with Crippen LogP contribution in [-0.2, 0) is 9.47 Å². The van der Waals surface area contributed by atoms with Crippen molar-refractivity contribution in [1.82, 2.24) is 0 Å². The lowest BCUT2D eigenvalue weighted by Crippen LogP contribution is -2.39. The Morgan fingerprint density at radius 3 is 2.17 bits per heavy atom. The first kappa shape index (κ1) is 9.92. The van der Waals surface area contributed by atoms with Crippen LogP contribution in [0.4, 0.5) is 0 Å². The van der Waals surface area contributed by atoms with E-state index in [1.165, 1.54) is 0 Å². The summed E-state index contributed by atoms with van der Waals surface area (Å²) in [6.45, 7) is 3.11. The summed E-state index contributed by atoms with van der Waals surface area (Å²) < 4.78 is 10.6. The van der Waals surface area contributed by atoms with E-state index in [0.29, 0.717) is 19.1 Å². The van der Waals surface area contributed by atoms with Gasteiger partial charge in [0.25, 0.3) is 0 Å². The molecule has 0 aliphatic carbocycles. The van der Waals surface area contributed by atoms with Crippen LogP contribution in [0.15, 0.2) is 0 Å². The molecule has 0 bridgehead atoms. The predicted octanol–water partition coefficient (Wildman–Crippen LogP) is -0.404. The van der Waals surface area contributed by atoms with Crippen LogP contribution in [0.25, 0.3) is 0 Å². The number of hydrogen-bond donors (Lipinski definition) is 2. The Hall–Kier alpha value is -0.160. The van der Waals surface area contributed by atoms with E-state index in [9.17, 15) is 0 Å². The molecule has 0 aromatic heterocycles. The summed E-state index contributed by atoms with van der Waals surface area (Å²) in [6.07, 6.45) is -0.434. The molecule has 0 aromatic rings. The third-order valence-corrected chi connectivity index (χ3v) is 1.94. The van der Waals surface area contributed by atoms with Gasteiger partial charge in [0.1, 0.15) is 0 Å². The quantitative estimate of drug-likeness (QED) is 0.614. The van der Waals surface area contributed by atoms with Crippen LogP contribution >= 0.6 is 0 Å². The second kappa shape index (κ2) is 4.77. The molecule has 1 saturated heterocycles. The molecule has 12 heavy (non-hydrogen) atoms. The van der Waals surface area contributed by atoms with Crippen molar-refractivity contribution in [2.75, 3.05) is 26.4 Å². The standard InChI is InChI=1S/C8H16O4/c1-6-4-11-8(12-5-6)7(2-9)3-10/h6-10H,2-5H2,1H3. The molecule has 0 saturated carbocycles. The van der Waals surface area contributed by atoms with Crippen molar-refractivity contribution in [1.29, 1.82) is 0 Å². The van der Waals surface area contributed by atoms with Crippen molar-refractivity contribution in [3.05, 3.63) is 0 Å². The Balaban J connectivity index is 2.32. The van der Waals surface area contributed by atoms with Crippen molar-refractivity contribution in [3.63, 3.8) is 0 Å². The van der Waals surface area contributed by atoms with Gasteiger partial charge in [-0.15, -0.1) is 0 Å². The van der Waals surface area contributed by atoms with E-state index in [-0.39, 0.29) is 19.1 Å². The summed E-state index contributed by atoms with van der Waals surface area (Å²) in [5.74, 6) is 0.0942. The molecule has 1 aliphatic rings. The van der Waals surface area contributed by atoms with Gasteiger partial charge in [0.2, 0.25) is 0 Å². The lowest BCUT2D eigenvalue weighted by Gasteiger charge is -2.31. The molecule has 4 nitrogen and oxygen atoms in total. The van der Waals surface area contributed by atoms with E-state index in [2.05, 4.69) is 0 Å². The SMILES string of the molecule is CC1COC(C(CO)CO)OC1. The topological polar surface area (TPSA) is 58.9 Å². The summed E-state index contributed by atoms with van der Waals surface area (Å²) in [4.78, 5) is 0. The highest BCUT2D eigenvalue weighted by molar-refractivity contribution is 4.65. The van der Waals surface area contributed by atoms with Crippen molar-refractivity contribution in [3.8, 4) is 0 Å². The molecule has 4 heteroatoms. The van der Waals surface area contributed by atoms with Crippen molar-refractivity contribution < 1.29 is 19.7 Å². The van der Waals surface area contributed by atoms with Crippen molar-refractivity contribution in [2.24, 2.45) is 11.8 Å². The second-order valence-corrected chi connectivity index (χ2v) is 3.27. The molecule has 2 N–H and O–H groups in total. The molecular formula is C8H16O4. The van der Waals surface area contributed by atoms with E-state index in [1.54, 1.807) is 0 Å². The number of hydrogen-bond acceptors (Lipinski definition) is 4. The molecule has 0 aromatic carbocycles. The van der Waals surface area contributed by atoms with Crippen LogP contribution in [-0.4, -0.2) is 42.9 Å². The molecule has 1 aliphatic heterocycles. The van der Waals surface area contributed by atoms with Gasteiger partial charge in [-0.25, -0.2) is 0 Å². The lowest BCUT2D eigenvalue weighted by molar-refractivity contribution is -0.231. The van der Waals surface area contributed by atoms with Crippen LogP contribution in [0.2, 0.25) is 0 Å². The zero-order valence-corrected chi connectivity index (χ0v) is 7.27. The summed E-state index contributed by atoms with van der Waals surface area (Å²) in [5.41, 5.74) is 0. The minimum Gasteiger partial charge on any atom is -0.396 e. The first-order valence-corrected chi connectivity index (χ1v) is 4.22. The number of aliphatic hydroxyl groups excluding tert-OH is 2. The van der Waals surface area contributed by atoms with Crippen LogP contribution in [0, 0.1) is 11.8 Å². The summed E-state index contributed by atoms with van der Waals surface area (Å²) in [5, 5.41) is 17.6. The second-order valence-electron chi connectivity index (χ2n) is 3.27. The Labute approximate surface area is 72.1 Å². The van der Waals surface area contributed by atoms with Crippen LogP contribution in [0.3, 0.4) is 0 Å². The van der Waals surface area contributed by atoms with E-state index in [0.717, 1.165) is 0 Å². The Morgan fingerprint density at radius 2 is 1.75 bits per heavy atom. The fourth-order valence-corrected chi connectivity index (χ4v) is 1.12. The summed E-state index contributed by atoms with van der Waals surface area (Å²) in [7, 11) is 0. The molecule has 1 heterocycles. The van der Waals surface area contributed by atoms with Gasteiger partial charge in [-0.05, 0) is 0 Å². The molecule has 0 spiro atoms. The Bertz CT molecular complexity index is 116. The van der Waals surface area contributed by atoms with Gasteiger partial charge < -0.3 is 19.7 Å². The molecule has 0 atom stereocenters. The third-order valence-electron chi connectivity index (χ3n) is 1.94. The first-order valence-electron chi connectivity index (χ1n) is 4.22. The monoisotopic (exact) mass is 176 g/mol. The van der Waals surface area contributed by atoms with Gasteiger partial charge in [-0.1, -0.05) is 6.92 Å². The first-order chi connectivity index (χ1) is 5.77. The van der Waals surface area contributed by atoms with Gasteiger partial charge in [0, 0.05) is 5.92 Å². The maximum absolute atomic E-state index is 8.82. The smallest absolute Gasteiger partial charge is 0.164 e. The average Bonchev–Trinajstić information content (AvgIpc) is 2.10. The number of rotatable bonds is 3. The third kappa shape index (κ3) is 2.42. The van der Waals surface area contributed by atoms with Crippen LogP contribution in [0.1, 0.15) is 6.92 Å². The van der Waals surface area contributed by atoms with E-state index in [4.69, 9.17) is 19.7 Å².